The summed E-state index contributed by atoms with van der Waals surface area (Å²) in [5.41, 5.74) is 0. The fraction of sp³-hybridized carbons (Fsp3) is 0.879. The molecular weight excluding hydrogens is 852 g/mol. The first kappa shape index (κ1) is 65.7. The first-order valence-corrected chi connectivity index (χ1v) is 30.4. The molecule has 0 bridgehead atoms. The van der Waals surface area contributed by atoms with E-state index in [1.165, 1.54) is 205 Å². The van der Waals surface area contributed by atoms with Crippen molar-refractivity contribution in [1.82, 2.24) is 5.32 Å². The van der Waals surface area contributed by atoms with E-state index in [9.17, 15) is 19.4 Å². The molecule has 0 aromatic carbocycles. The van der Waals surface area contributed by atoms with Gasteiger partial charge in [-0.3, -0.25) is 13.8 Å². The first-order chi connectivity index (χ1) is 32.5. The van der Waals surface area contributed by atoms with Crippen molar-refractivity contribution < 1.29 is 32.9 Å². The number of phosphoric acid groups is 1. The van der Waals surface area contributed by atoms with Crippen LogP contribution < -0.4 is 5.32 Å². The second kappa shape index (κ2) is 49.7. The molecule has 0 aliphatic carbocycles. The van der Waals surface area contributed by atoms with E-state index in [2.05, 4.69) is 43.5 Å². The van der Waals surface area contributed by atoms with Crippen LogP contribution in [0.3, 0.4) is 0 Å². The van der Waals surface area contributed by atoms with Crippen LogP contribution in [0.25, 0.3) is 0 Å². The lowest BCUT2D eigenvalue weighted by Gasteiger charge is -2.25. The Hall–Kier alpha value is -1.28. The van der Waals surface area contributed by atoms with Crippen LogP contribution in [0, 0.1) is 0 Å². The van der Waals surface area contributed by atoms with Crippen LogP contribution in [-0.2, 0) is 18.4 Å². The second-order valence-electron chi connectivity index (χ2n) is 21.0. The van der Waals surface area contributed by atoms with Gasteiger partial charge in [0.05, 0.1) is 39.9 Å². The predicted molar refractivity (Wildman–Crippen MR) is 291 cm³/mol. The Morgan fingerprint density at radius 2 is 0.821 bits per heavy atom. The molecule has 0 aromatic heterocycles. The number of aliphatic hydroxyl groups is 1. The zero-order valence-corrected chi connectivity index (χ0v) is 46.0. The lowest BCUT2D eigenvalue weighted by atomic mass is 10.0. The van der Waals surface area contributed by atoms with Crippen LogP contribution in [0.1, 0.15) is 277 Å². The number of unbranched alkanes of at least 4 members (excludes halogenated alkanes) is 36. The van der Waals surface area contributed by atoms with Gasteiger partial charge in [-0.15, -0.1) is 0 Å². The standard InChI is InChI=1S/C58H113N2O6P/c1-6-8-10-12-14-16-18-20-22-24-25-26-27-28-29-30-31-32-33-34-35-36-37-39-41-43-45-47-49-51-57(61)56(55-66-67(63,64)65-54-53-60(3,4)5)59-58(62)52-50-48-46-44-42-40-38-23-21-19-17-15-13-11-9-7-2/h23,38,41,43,49,51,56-57,61H,6-22,24-37,39-40,42,44-48,50,52-55H2,1-5H3,(H-,59,62,63,64)/p+1/b38-23-,43-41+,51-49+. The van der Waals surface area contributed by atoms with Gasteiger partial charge in [-0.25, -0.2) is 4.57 Å². The van der Waals surface area contributed by atoms with Crippen LogP contribution >= 0.6 is 7.82 Å². The van der Waals surface area contributed by atoms with Crippen LogP contribution in [-0.4, -0.2) is 73.4 Å². The van der Waals surface area contributed by atoms with E-state index in [1.807, 2.05) is 27.2 Å². The number of carbonyl (C=O) groups excluding carboxylic acids is 1. The van der Waals surface area contributed by atoms with Crippen molar-refractivity contribution in [2.75, 3.05) is 40.9 Å². The van der Waals surface area contributed by atoms with E-state index in [4.69, 9.17) is 9.05 Å². The maximum absolute atomic E-state index is 12.9. The minimum atomic E-state index is -4.35. The van der Waals surface area contributed by atoms with Gasteiger partial charge in [-0.05, 0) is 57.8 Å². The molecule has 0 heterocycles. The molecule has 0 aromatic rings. The molecule has 0 radical (unpaired) electrons. The van der Waals surface area contributed by atoms with Gasteiger partial charge in [-0.2, -0.15) is 0 Å². The minimum absolute atomic E-state index is 0.0550. The molecule has 0 aliphatic rings. The molecule has 3 N–H and O–H groups in total. The van der Waals surface area contributed by atoms with Crippen LogP contribution in [0.4, 0.5) is 0 Å². The fourth-order valence-electron chi connectivity index (χ4n) is 8.53. The van der Waals surface area contributed by atoms with Gasteiger partial charge in [0.25, 0.3) is 0 Å². The Balaban J connectivity index is 4.19. The Kier molecular flexibility index (Phi) is 48.7. The van der Waals surface area contributed by atoms with Gasteiger partial charge in [0.15, 0.2) is 0 Å². The van der Waals surface area contributed by atoms with Crippen LogP contribution in [0.2, 0.25) is 0 Å². The lowest BCUT2D eigenvalue weighted by molar-refractivity contribution is -0.870. The number of rotatable bonds is 53. The highest BCUT2D eigenvalue weighted by Gasteiger charge is 2.27. The van der Waals surface area contributed by atoms with E-state index in [0.717, 1.165) is 51.4 Å². The molecule has 67 heavy (non-hydrogen) atoms. The Labute approximate surface area is 417 Å². The van der Waals surface area contributed by atoms with E-state index in [-0.39, 0.29) is 19.1 Å². The molecule has 0 rings (SSSR count). The molecule has 1 amide bonds. The number of hydrogen-bond acceptors (Lipinski definition) is 5. The first-order valence-electron chi connectivity index (χ1n) is 28.9. The van der Waals surface area contributed by atoms with Crippen molar-refractivity contribution in [2.24, 2.45) is 0 Å². The highest BCUT2D eigenvalue weighted by Crippen LogP contribution is 2.43. The van der Waals surface area contributed by atoms with Crippen LogP contribution in [0.5, 0.6) is 0 Å². The number of likely N-dealkylation sites (N-methyl/N-ethyl adjacent to an activating group) is 1. The second-order valence-corrected chi connectivity index (χ2v) is 22.5. The summed E-state index contributed by atoms with van der Waals surface area (Å²) >= 11 is 0. The number of quaternary nitrogens is 1. The van der Waals surface area contributed by atoms with Crippen molar-refractivity contribution in [3.8, 4) is 0 Å². The zero-order valence-electron chi connectivity index (χ0n) is 45.2. The van der Waals surface area contributed by atoms with Crippen LogP contribution in [0.15, 0.2) is 36.5 Å². The van der Waals surface area contributed by atoms with Gasteiger partial charge in [0, 0.05) is 6.42 Å². The molecule has 0 saturated carbocycles. The zero-order chi connectivity index (χ0) is 49.2. The summed E-state index contributed by atoms with van der Waals surface area (Å²) in [7, 11) is 1.56. The van der Waals surface area contributed by atoms with E-state index in [1.54, 1.807) is 6.08 Å². The van der Waals surface area contributed by atoms with Gasteiger partial charge in [0.2, 0.25) is 5.91 Å². The molecule has 0 saturated heterocycles. The quantitative estimate of drug-likeness (QED) is 0.0243. The Bertz CT molecular complexity index is 1190. The number of amides is 1. The maximum atomic E-state index is 12.9. The molecular formula is C58H114N2O6P+. The molecule has 3 unspecified atom stereocenters. The molecule has 9 heteroatoms. The number of phosphoric ester groups is 1. The molecule has 8 nitrogen and oxygen atoms in total. The Morgan fingerprint density at radius 3 is 1.19 bits per heavy atom. The lowest BCUT2D eigenvalue weighted by Crippen LogP contribution is -2.45. The molecule has 0 spiro atoms. The highest BCUT2D eigenvalue weighted by atomic mass is 31.2. The monoisotopic (exact) mass is 966 g/mol. The van der Waals surface area contributed by atoms with Gasteiger partial charge >= 0.3 is 7.82 Å². The van der Waals surface area contributed by atoms with Crippen molar-refractivity contribution in [1.29, 1.82) is 0 Å². The summed E-state index contributed by atoms with van der Waals surface area (Å²) in [6, 6.07) is -0.867. The largest absolute Gasteiger partial charge is 0.472 e. The number of nitrogens with zero attached hydrogens (tertiary/aromatic N) is 1. The van der Waals surface area contributed by atoms with E-state index < -0.39 is 20.0 Å². The number of carbonyl (C=O) groups is 1. The number of hydrogen-bond donors (Lipinski definition) is 3. The average molecular weight is 967 g/mol. The topological polar surface area (TPSA) is 105 Å². The number of allylic oxidation sites excluding steroid dienone is 5. The molecule has 3 atom stereocenters. The third-order valence-corrected chi connectivity index (χ3v) is 14.1. The fourth-order valence-corrected chi connectivity index (χ4v) is 9.26. The normalized spacial score (nSPS) is 14.2. The van der Waals surface area contributed by atoms with Gasteiger partial charge < -0.3 is 19.8 Å². The maximum Gasteiger partial charge on any atom is 0.472 e. The van der Waals surface area contributed by atoms with Crippen molar-refractivity contribution in [2.45, 2.75) is 289 Å². The summed E-state index contributed by atoms with van der Waals surface area (Å²) < 4.78 is 23.7. The number of aliphatic hydroxyl groups excluding tert-OH is 1. The van der Waals surface area contributed by atoms with Crippen molar-refractivity contribution in [3.05, 3.63) is 36.5 Å². The summed E-state index contributed by atoms with van der Waals surface area (Å²) in [5.74, 6) is -0.193. The third kappa shape index (κ3) is 52.4. The molecule has 0 fully saturated rings. The third-order valence-electron chi connectivity index (χ3n) is 13.1. The summed E-state index contributed by atoms with van der Waals surface area (Å²) in [6.07, 6.45) is 64.0. The number of nitrogens with one attached hydrogen (secondary N) is 1. The van der Waals surface area contributed by atoms with Crippen molar-refractivity contribution >= 4 is 13.7 Å². The van der Waals surface area contributed by atoms with Gasteiger partial charge in [-0.1, -0.05) is 249 Å². The predicted octanol–water partition coefficient (Wildman–Crippen LogP) is 17.4. The van der Waals surface area contributed by atoms with Gasteiger partial charge in [0.1, 0.15) is 13.2 Å². The summed E-state index contributed by atoms with van der Waals surface area (Å²) in [5, 5.41) is 13.9. The summed E-state index contributed by atoms with van der Waals surface area (Å²) in [4.78, 5) is 23.2. The summed E-state index contributed by atoms with van der Waals surface area (Å²) in [6.45, 7) is 4.81. The smallest absolute Gasteiger partial charge is 0.387 e. The average Bonchev–Trinajstić information content (AvgIpc) is 3.29. The highest BCUT2D eigenvalue weighted by molar-refractivity contribution is 7.47. The minimum Gasteiger partial charge on any atom is -0.387 e. The Morgan fingerprint density at radius 1 is 0.493 bits per heavy atom. The van der Waals surface area contributed by atoms with Crippen molar-refractivity contribution in [3.63, 3.8) is 0 Å². The van der Waals surface area contributed by atoms with E-state index >= 15 is 0 Å². The van der Waals surface area contributed by atoms with E-state index in [0.29, 0.717) is 17.4 Å². The SMILES string of the molecule is CCCCCCCCC/C=C\CCCCCCCC(=O)NC(COP(=O)(O)OCC[N+](C)(C)C)C(O)/C=C/CC/C=C/CCCCCCCCCCCCCCCCCCCCCCCCC. The molecule has 0 aliphatic heterocycles. The molecule has 396 valence electrons.